The molecule has 130 valence electrons. The van der Waals surface area contributed by atoms with E-state index in [9.17, 15) is 9.59 Å². The number of ether oxygens (including phenoxy) is 1. The molecule has 0 aromatic heterocycles. The average Bonchev–Trinajstić information content (AvgIpc) is 2.52. The molecule has 22 heavy (non-hydrogen) atoms. The minimum atomic E-state index is -0.282. The number of hydrogen-bond donors (Lipinski definition) is 1. The fraction of sp³-hybridized carbons (Fsp3) is 0.889. The third-order valence-electron chi connectivity index (χ3n) is 3.89. The maximum absolute atomic E-state index is 11.5. The lowest BCUT2D eigenvalue weighted by molar-refractivity contribution is -0.140. The Labute approximate surface area is 136 Å². The topological polar surface area (TPSA) is 55.4 Å². The molecule has 0 radical (unpaired) electrons. The second kappa shape index (κ2) is 16.3. The number of hydrogen-bond acceptors (Lipinski definition) is 3. The number of methoxy groups -OCH3 is 1. The van der Waals surface area contributed by atoms with E-state index in [0.29, 0.717) is 13.0 Å². The molecule has 0 aliphatic carbocycles. The minimum absolute atomic E-state index is 0.0415. The van der Waals surface area contributed by atoms with Crippen LogP contribution in [0.1, 0.15) is 90.4 Å². The van der Waals surface area contributed by atoms with Crippen LogP contribution < -0.4 is 5.32 Å². The normalized spacial score (nSPS) is 10.5. The van der Waals surface area contributed by atoms with Crippen molar-refractivity contribution in [3.05, 3.63) is 0 Å². The molecule has 0 fully saturated rings. The lowest BCUT2D eigenvalue weighted by Gasteiger charge is -2.05. The molecule has 0 heterocycles. The third-order valence-corrected chi connectivity index (χ3v) is 3.89. The summed E-state index contributed by atoms with van der Waals surface area (Å²) in [5.41, 5.74) is 0. The highest BCUT2D eigenvalue weighted by Gasteiger charge is 2.03. The van der Waals surface area contributed by atoms with Gasteiger partial charge >= 0.3 is 5.97 Å². The molecule has 4 heteroatoms. The van der Waals surface area contributed by atoms with Crippen molar-refractivity contribution in [3.8, 4) is 0 Å². The summed E-state index contributed by atoms with van der Waals surface area (Å²) in [6.45, 7) is 2.63. The third kappa shape index (κ3) is 15.3. The highest BCUT2D eigenvalue weighted by molar-refractivity contribution is 5.76. The fourth-order valence-corrected chi connectivity index (χ4v) is 2.44. The Morgan fingerprint density at radius 3 is 1.77 bits per heavy atom. The van der Waals surface area contributed by atoms with Crippen LogP contribution in [-0.2, 0) is 14.3 Å². The molecule has 0 aliphatic heterocycles. The van der Waals surface area contributed by atoms with Crippen molar-refractivity contribution >= 4 is 11.9 Å². The van der Waals surface area contributed by atoms with Gasteiger partial charge in [-0.2, -0.15) is 0 Å². The lowest BCUT2D eigenvalue weighted by atomic mass is 10.1. The predicted octanol–water partition coefficient (Wildman–Crippen LogP) is 4.37. The number of rotatable bonds is 15. The van der Waals surface area contributed by atoms with Crippen molar-refractivity contribution in [2.45, 2.75) is 90.4 Å². The summed E-state index contributed by atoms with van der Waals surface area (Å²) in [6, 6.07) is 0. The molecule has 0 atom stereocenters. The van der Waals surface area contributed by atoms with Crippen LogP contribution in [0.5, 0.6) is 0 Å². The maximum atomic E-state index is 11.5. The molecule has 0 rings (SSSR count). The van der Waals surface area contributed by atoms with E-state index in [1.165, 1.54) is 64.9 Å². The molecule has 1 amide bonds. The molecule has 0 saturated carbocycles. The Morgan fingerprint density at radius 1 is 0.773 bits per heavy atom. The first-order valence-corrected chi connectivity index (χ1v) is 9.04. The van der Waals surface area contributed by atoms with Crippen LogP contribution in [-0.4, -0.2) is 25.5 Å². The van der Waals surface area contributed by atoms with Gasteiger partial charge in [-0.25, -0.2) is 0 Å². The summed E-state index contributed by atoms with van der Waals surface area (Å²) in [5, 5.41) is 2.74. The smallest absolute Gasteiger partial charge is 0.307 e. The van der Waals surface area contributed by atoms with Gasteiger partial charge in [-0.15, -0.1) is 0 Å². The Balaban J connectivity index is 3.18. The summed E-state index contributed by atoms with van der Waals surface area (Å²) < 4.78 is 4.51. The Hall–Kier alpha value is -1.06. The summed E-state index contributed by atoms with van der Waals surface area (Å²) in [5.74, 6) is -0.241. The van der Waals surface area contributed by atoms with Crippen molar-refractivity contribution in [2.24, 2.45) is 0 Å². The van der Waals surface area contributed by atoms with E-state index in [1.807, 2.05) is 0 Å². The van der Waals surface area contributed by atoms with Gasteiger partial charge in [-0.1, -0.05) is 71.1 Å². The zero-order chi connectivity index (χ0) is 16.5. The zero-order valence-electron chi connectivity index (χ0n) is 14.6. The van der Waals surface area contributed by atoms with Crippen molar-refractivity contribution in [1.29, 1.82) is 0 Å². The Morgan fingerprint density at radius 2 is 1.27 bits per heavy atom. The van der Waals surface area contributed by atoms with Crippen molar-refractivity contribution in [3.63, 3.8) is 0 Å². The molecule has 0 saturated heterocycles. The SMILES string of the molecule is CCCCCCCCCCCCCC(=O)NCCC(=O)OC. The van der Waals surface area contributed by atoms with E-state index in [-0.39, 0.29) is 18.3 Å². The molecular weight excluding hydrogens is 278 g/mol. The number of carbonyl (C=O) groups excluding carboxylic acids is 2. The summed E-state index contributed by atoms with van der Waals surface area (Å²) in [6.07, 6.45) is 14.9. The van der Waals surface area contributed by atoms with Gasteiger partial charge in [0.25, 0.3) is 0 Å². The van der Waals surface area contributed by atoms with Crippen LogP contribution in [0.25, 0.3) is 0 Å². The van der Waals surface area contributed by atoms with Crippen LogP contribution in [0, 0.1) is 0 Å². The molecule has 0 aromatic rings. The van der Waals surface area contributed by atoms with Gasteiger partial charge < -0.3 is 10.1 Å². The van der Waals surface area contributed by atoms with Gasteiger partial charge in [0.2, 0.25) is 5.91 Å². The highest BCUT2D eigenvalue weighted by atomic mass is 16.5. The van der Waals surface area contributed by atoms with Crippen molar-refractivity contribution in [1.82, 2.24) is 5.32 Å². The van der Waals surface area contributed by atoms with Gasteiger partial charge in [-0.05, 0) is 6.42 Å². The monoisotopic (exact) mass is 313 g/mol. The number of esters is 1. The second-order valence-corrected chi connectivity index (χ2v) is 5.96. The molecule has 0 aromatic carbocycles. The van der Waals surface area contributed by atoms with E-state index >= 15 is 0 Å². The quantitative estimate of drug-likeness (QED) is 0.361. The van der Waals surface area contributed by atoms with E-state index in [0.717, 1.165) is 12.8 Å². The predicted molar refractivity (Wildman–Crippen MR) is 90.7 cm³/mol. The van der Waals surface area contributed by atoms with E-state index < -0.39 is 0 Å². The number of unbranched alkanes of at least 4 members (excludes halogenated alkanes) is 10. The molecular formula is C18H35NO3. The van der Waals surface area contributed by atoms with E-state index in [4.69, 9.17) is 0 Å². The molecule has 0 spiro atoms. The minimum Gasteiger partial charge on any atom is -0.469 e. The first kappa shape index (κ1) is 20.9. The van der Waals surface area contributed by atoms with Crippen LogP contribution in [0.2, 0.25) is 0 Å². The number of amides is 1. The van der Waals surface area contributed by atoms with Crippen LogP contribution in [0.4, 0.5) is 0 Å². The Bertz CT molecular complexity index is 280. The molecule has 0 unspecified atom stereocenters. The van der Waals surface area contributed by atoms with Gasteiger partial charge in [0, 0.05) is 13.0 Å². The van der Waals surface area contributed by atoms with Crippen LogP contribution in [0.15, 0.2) is 0 Å². The highest BCUT2D eigenvalue weighted by Crippen LogP contribution is 2.11. The van der Waals surface area contributed by atoms with E-state index in [2.05, 4.69) is 17.0 Å². The van der Waals surface area contributed by atoms with Crippen LogP contribution >= 0.6 is 0 Å². The molecule has 4 nitrogen and oxygen atoms in total. The van der Waals surface area contributed by atoms with Crippen LogP contribution in [0.3, 0.4) is 0 Å². The fourth-order valence-electron chi connectivity index (χ4n) is 2.44. The number of carbonyl (C=O) groups is 2. The summed E-state index contributed by atoms with van der Waals surface area (Å²) >= 11 is 0. The first-order chi connectivity index (χ1) is 10.7. The lowest BCUT2D eigenvalue weighted by Crippen LogP contribution is -2.25. The maximum Gasteiger partial charge on any atom is 0.307 e. The summed E-state index contributed by atoms with van der Waals surface area (Å²) in [4.78, 5) is 22.4. The van der Waals surface area contributed by atoms with E-state index in [1.54, 1.807) is 0 Å². The first-order valence-electron chi connectivity index (χ1n) is 9.04. The van der Waals surface area contributed by atoms with Gasteiger partial charge in [0.05, 0.1) is 13.5 Å². The average molecular weight is 313 g/mol. The Kier molecular flexibility index (Phi) is 15.5. The number of nitrogens with one attached hydrogen (secondary N) is 1. The van der Waals surface area contributed by atoms with Gasteiger partial charge in [0.15, 0.2) is 0 Å². The zero-order valence-corrected chi connectivity index (χ0v) is 14.6. The molecule has 1 N–H and O–H groups in total. The van der Waals surface area contributed by atoms with Crippen molar-refractivity contribution in [2.75, 3.05) is 13.7 Å². The van der Waals surface area contributed by atoms with Gasteiger partial charge in [0.1, 0.15) is 0 Å². The second-order valence-electron chi connectivity index (χ2n) is 5.96. The summed E-state index contributed by atoms with van der Waals surface area (Å²) in [7, 11) is 1.36. The largest absolute Gasteiger partial charge is 0.469 e. The van der Waals surface area contributed by atoms with Gasteiger partial charge in [-0.3, -0.25) is 9.59 Å². The standard InChI is InChI=1S/C18H35NO3/c1-3-4-5-6-7-8-9-10-11-12-13-14-17(20)19-16-15-18(21)22-2/h3-16H2,1-2H3,(H,19,20). The molecule has 0 aliphatic rings. The van der Waals surface area contributed by atoms with Crippen molar-refractivity contribution < 1.29 is 14.3 Å². The molecule has 0 bridgehead atoms.